The number of carboxylic acids is 1. The number of carbonyl (C=O) groups is 3. The number of aliphatic hydroxyl groups excluding tert-OH is 1. The number of amides is 2. The summed E-state index contributed by atoms with van der Waals surface area (Å²) in [7, 11) is 0. The number of benzene rings is 2. The molecule has 4 rings (SSSR count). The molecular formula is C24H25N5O5. The molecule has 1 aliphatic rings. The van der Waals surface area contributed by atoms with E-state index in [4.69, 9.17) is 5.11 Å². The normalized spacial score (nSPS) is 13.9. The van der Waals surface area contributed by atoms with Gasteiger partial charge in [-0.05, 0) is 29.5 Å². The van der Waals surface area contributed by atoms with Gasteiger partial charge in [-0.15, -0.1) is 0 Å². The smallest absolute Gasteiger partial charge is 0.333 e. The highest BCUT2D eigenvalue weighted by Gasteiger charge is 2.26. The maximum atomic E-state index is 12.7. The zero-order valence-corrected chi connectivity index (χ0v) is 18.3. The van der Waals surface area contributed by atoms with Gasteiger partial charge in [0.2, 0.25) is 0 Å². The first-order valence-electron chi connectivity index (χ1n) is 10.9. The molecule has 3 aromatic rings. The van der Waals surface area contributed by atoms with Gasteiger partial charge in [-0.3, -0.25) is 20.1 Å². The van der Waals surface area contributed by atoms with Crippen molar-refractivity contribution in [2.75, 3.05) is 6.54 Å². The van der Waals surface area contributed by atoms with Gasteiger partial charge in [-0.2, -0.15) is 5.10 Å². The predicted octanol–water partition coefficient (Wildman–Crippen LogP) is 1.56. The Morgan fingerprint density at radius 2 is 1.71 bits per heavy atom. The molecule has 34 heavy (non-hydrogen) atoms. The van der Waals surface area contributed by atoms with E-state index in [1.54, 1.807) is 0 Å². The van der Waals surface area contributed by atoms with Crippen molar-refractivity contribution in [3.8, 4) is 11.1 Å². The number of aliphatic hydroxyl groups is 1. The van der Waals surface area contributed by atoms with Crippen LogP contribution in [-0.2, 0) is 11.3 Å². The molecule has 1 aromatic heterocycles. The Balaban J connectivity index is 1.44. The fraction of sp³-hybridized carbons (Fsp3) is 0.250. The Bertz CT molecular complexity index is 1160. The number of hydrogen-bond acceptors (Lipinski definition) is 6. The van der Waals surface area contributed by atoms with Crippen LogP contribution in [0.4, 0.5) is 0 Å². The molecular weight excluding hydrogens is 438 g/mol. The number of rotatable bonds is 10. The maximum Gasteiger partial charge on any atom is 0.333 e. The maximum absolute atomic E-state index is 12.7. The summed E-state index contributed by atoms with van der Waals surface area (Å²) in [6.07, 6.45) is 0.151. The molecule has 0 aliphatic heterocycles. The van der Waals surface area contributed by atoms with Crippen molar-refractivity contribution >= 4 is 17.8 Å². The van der Waals surface area contributed by atoms with Crippen LogP contribution in [0.2, 0.25) is 0 Å². The molecule has 0 saturated heterocycles. The minimum atomic E-state index is -1.70. The lowest BCUT2D eigenvalue weighted by molar-refractivity contribution is -0.148. The number of aliphatic carboxylic acids is 1. The first kappa shape index (κ1) is 23.1. The van der Waals surface area contributed by atoms with Gasteiger partial charge >= 0.3 is 5.97 Å². The number of H-pyrrole nitrogens is 1. The van der Waals surface area contributed by atoms with E-state index in [0.29, 0.717) is 0 Å². The topological polar surface area (TPSA) is 148 Å². The van der Waals surface area contributed by atoms with Gasteiger partial charge < -0.3 is 15.5 Å². The second kappa shape index (κ2) is 10.3. The second-order valence-electron chi connectivity index (χ2n) is 8.15. The van der Waals surface area contributed by atoms with Crippen LogP contribution in [0.3, 0.4) is 0 Å². The minimum Gasteiger partial charge on any atom is -0.479 e. The van der Waals surface area contributed by atoms with Crippen LogP contribution < -0.4 is 10.7 Å². The summed E-state index contributed by atoms with van der Waals surface area (Å²) in [6, 6.07) is 18.9. The van der Waals surface area contributed by atoms with E-state index >= 15 is 0 Å². The summed E-state index contributed by atoms with van der Waals surface area (Å²) in [5, 5.41) is 29.5. The van der Waals surface area contributed by atoms with Crippen LogP contribution in [0.5, 0.6) is 0 Å². The molecule has 1 saturated carbocycles. The largest absolute Gasteiger partial charge is 0.479 e. The molecule has 2 aromatic carbocycles. The Morgan fingerprint density at radius 1 is 1.03 bits per heavy atom. The van der Waals surface area contributed by atoms with E-state index in [1.807, 2.05) is 54.6 Å². The quantitative estimate of drug-likeness (QED) is 0.287. The fourth-order valence-corrected chi connectivity index (χ4v) is 3.34. The number of carbonyl (C=O) groups excluding carboxylic acids is 2. The third-order valence-electron chi connectivity index (χ3n) is 5.34. The van der Waals surface area contributed by atoms with Crippen molar-refractivity contribution in [1.82, 2.24) is 25.9 Å². The lowest BCUT2D eigenvalue weighted by Crippen LogP contribution is -2.47. The van der Waals surface area contributed by atoms with Gasteiger partial charge in [0.1, 0.15) is 5.69 Å². The summed E-state index contributed by atoms with van der Waals surface area (Å²) in [4.78, 5) is 36.0. The highest BCUT2D eigenvalue weighted by Crippen LogP contribution is 2.20. The zero-order valence-electron chi connectivity index (χ0n) is 18.3. The van der Waals surface area contributed by atoms with Crippen LogP contribution in [0.1, 0.15) is 39.4 Å². The number of aromatic amines is 1. The number of nitrogens with one attached hydrogen (secondary N) is 3. The third kappa shape index (κ3) is 6.06. The van der Waals surface area contributed by atoms with E-state index in [1.165, 1.54) is 11.1 Å². The van der Waals surface area contributed by atoms with E-state index in [9.17, 15) is 19.5 Å². The zero-order chi connectivity index (χ0) is 24.1. The van der Waals surface area contributed by atoms with Crippen LogP contribution in [0.15, 0.2) is 60.7 Å². The molecule has 2 amide bonds. The minimum absolute atomic E-state index is 0.0372. The Labute approximate surface area is 195 Å². The van der Waals surface area contributed by atoms with Crippen molar-refractivity contribution in [1.29, 1.82) is 0 Å². The first-order valence-corrected chi connectivity index (χ1v) is 10.9. The Morgan fingerprint density at radius 3 is 2.35 bits per heavy atom. The predicted molar refractivity (Wildman–Crippen MR) is 122 cm³/mol. The van der Waals surface area contributed by atoms with Crippen LogP contribution in [0.25, 0.3) is 11.1 Å². The first-order chi connectivity index (χ1) is 16.4. The molecule has 0 radical (unpaired) electrons. The van der Waals surface area contributed by atoms with Gasteiger partial charge in [-0.25, -0.2) is 9.80 Å². The Kier molecular flexibility index (Phi) is 7.00. The van der Waals surface area contributed by atoms with Crippen LogP contribution in [0, 0.1) is 0 Å². The van der Waals surface area contributed by atoms with E-state index in [2.05, 4.69) is 20.9 Å². The summed E-state index contributed by atoms with van der Waals surface area (Å²) < 4.78 is 0. The molecule has 0 spiro atoms. The summed E-state index contributed by atoms with van der Waals surface area (Å²) in [5.41, 5.74) is 5.58. The molecule has 1 unspecified atom stereocenters. The van der Waals surface area contributed by atoms with Crippen molar-refractivity contribution in [2.24, 2.45) is 0 Å². The lowest BCUT2D eigenvalue weighted by Gasteiger charge is -2.24. The second-order valence-corrected chi connectivity index (χ2v) is 8.15. The number of hydrazine groups is 1. The summed E-state index contributed by atoms with van der Waals surface area (Å²) in [5.74, 6) is -2.38. The molecule has 1 heterocycles. The van der Waals surface area contributed by atoms with Crippen molar-refractivity contribution < 1.29 is 24.6 Å². The van der Waals surface area contributed by atoms with Crippen molar-refractivity contribution in [2.45, 2.75) is 31.5 Å². The lowest BCUT2D eigenvalue weighted by atomic mass is 10.0. The summed E-state index contributed by atoms with van der Waals surface area (Å²) in [6.45, 7) is -0.195. The van der Waals surface area contributed by atoms with E-state index in [0.717, 1.165) is 29.5 Å². The van der Waals surface area contributed by atoms with Gasteiger partial charge in [0.25, 0.3) is 11.8 Å². The molecule has 1 fully saturated rings. The van der Waals surface area contributed by atoms with E-state index in [-0.39, 0.29) is 36.4 Å². The molecule has 0 bridgehead atoms. The molecule has 1 atom stereocenters. The number of nitrogens with zero attached hydrogens (tertiary/aromatic N) is 2. The Hall–Kier alpha value is -4.02. The highest BCUT2D eigenvalue weighted by molar-refractivity contribution is 5.97. The fourth-order valence-electron chi connectivity index (χ4n) is 3.34. The van der Waals surface area contributed by atoms with Gasteiger partial charge in [-0.1, -0.05) is 54.6 Å². The summed E-state index contributed by atoms with van der Waals surface area (Å²) >= 11 is 0. The average Bonchev–Trinajstić information content (AvgIpc) is 3.50. The average molecular weight is 463 g/mol. The number of carboxylic acid groups (broad SMARTS) is 1. The van der Waals surface area contributed by atoms with Crippen molar-refractivity contribution in [3.05, 3.63) is 77.6 Å². The van der Waals surface area contributed by atoms with Gasteiger partial charge in [0.15, 0.2) is 11.8 Å². The number of hydrogen-bond donors (Lipinski definition) is 5. The van der Waals surface area contributed by atoms with Crippen molar-refractivity contribution in [3.63, 3.8) is 0 Å². The third-order valence-corrected chi connectivity index (χ3v) is 5.34. The van der Waals surface area contributed by atoms with E-state index < -0.39 is 18.0 Å². The molecule has 10 heteroatoms. The van der Waals surface area contributed by atoms with Crippen LogP contribution in [-0.4, -0.2) is 61.9 Å². The standard InChI is InChI=1S/C24H25N5O5/c30-21(24(33)34)14-29(13-15-6-8-17(9-7-15)16-4-2-1-3-5-16)28-23(32)20-12-19(26-27-20)22(31)25-18-10-11-18/h1-9,12,18,21,30H,10-11,13-14H2,(H,25,31)(H,26,27)(H,28,32)(H,33,34). The monoisotopic (exact) mass is 463 g/mol. The molecule has 10 nitrogen and oxygen atoms in total. The number of aromatic nitrogens is 2. The SMILES string of the molecule is O=C(NC1CC1)c1cc(C(=O)NN(Cc2ccc(-c3ccccc3)cc2)CC(O)C(=O)O)[nH]n1. The van der Waals surface area contributed by atoms with Gasteiger partial charge in [0.05, 0.1) is 6.54 Å². The van der Waals surface area contributed by atoms with Gasteiger partial charge in [0, 0.05) is 18.7 Å². The highest BCUT2D eigenvalue weighted by atomic mass is 16.4. The molecule has 176 valence electrons. The molecule has 5 N–H and O–H groups in total. The molecule has 1 aliphatic carbocycles. The van der Waals surface area contributed by atoms with Crippen LogP contribution >= 0.6 is 0 Å².